The average Bonchev–Trinajstić information content (AvgIpc) is 2.71. The van der Waals surface area contributed by atoms with Crippen molar-refractivity contribution in [3.63, 3.8) is 0 Å². The maximum atomic E-state index is 6.36. The standard InChI is InChI=1S/C13H17BrN4/c1-3-6-18-13(11(14)8-17-18)12(15)10-7-16-5-4-9(10)2/h4-5,7-8,12H,3,6,15H2,1-2H3. The molecule has 2 rings (SSSR count). The van der Waals surface area contributed by atoms with Crippen LogP contribution in [-0.4, -0.2) is 14.8 Å². The van der Waals surface area contributed by atoms with Crippen LogP contribution in [0.4, 0.5) is 0 Å². The van der Waals surface area contributed by atoms with E-state index in [0.717, 1.165) is 34.3 Å². The van der Waals surface area contributed by atoms with Gasteiger partial charge < -0.3 is 5.73 Å². The molecule has 1 unspecified atom stereocenters. The zero-order valence-corrected chi connectivity index (χ0v) is 12.2. The monoisotopic (exact) mass is 308 g/mol. The minimum atomic E-state index is -0.206. The fourth-order valence-electron chi connectivity index (χ4n) is 2.02. The highest BCUT2D eigenvalue weighted by molar-refractivity contribution is 9.10. The second-order valence-electron chi connectivity index (χ2n) is 4.31. The van der Waals surface area contributed by atoms with Gasteiger partial charge in [0, 0.05) is 18.9 Å². The van der Waals surface area contributed by atoms with Crippen molar-refractivity contribution >= 4 is 15.9 Å². The Kier molecular flexibility index (Phi) is 4.14. The molecule has 0 aromatic carbocycles. The number of aromatic nitrogens is 3. The van der Waals surface area contributed by atoms with E-state index in [9.17, 15) is 0 Å². The molecule has 1 atom stereocenters. The Morgan fingerprint density at radius 1 is 1.44 bits per heavy atom. The number of rotatable bonds is 4. The molecule has 2 aromatic rings. The lowest BCUT2D eigenvalue weighted by molar-refractivity contribution is 0.558. The summed E-state index contributed by atoms with van der Waals surface area (Å²) in [5, 5.41) is 4.35. The Labute approximate surface area is 115 Å². The summed E-state index contributed by atoms with van der Waals surface area (Å²) in [5.74, 6) is 0. The topological polar surface area (TPSA) is 56.7 Å². The molecule has 18 heavy (non-hydrogen) atoms. The van der Waals surface area contributed by atoms with Gasteiger partial charge in [0.2, 0.25) is 0 Å². The van der Waals surface area contributed by atoms with Crippen LogP contribution < -0.4 is 5.73 Å². The molecule has 0 saturated heterocycles. The van der Waals surface area contributed by atoms with Crippen LogP contribution in [0.15, 0.2) is 29.1 Å². The van der Waals surface area contributed by atoms with Crippen molar-refractivity contribution in [3.05, 3.63) is 46.0 Å². The first-order chi connectivity index (χ1) is 8.65. The van der Waals surface area contributed by atoms with E-state index < -0.39 is 0 Å². The molecule has 4 nitrogen and oxygen atoms in total. The summed E-state index contributed by atoms with van der Waals surface area (Å²) in [5.41, 5.74) is 9.55. The molecular formula is C13H17BrN4. The van der Waals surface area contributed by atoms with Crippen molar-refractivity contribution < 1.29 is 0 Å². The molecule has 0 aliphatic heterocycles. The Hall–Kier alpha value is -1.20. The quantitative estimate of drug-likeness (QED) is 0.945. The molecule has 2 aromatic heterocycles. The van der Waals surface area contributed by atoms with Gasteiger partial charge in [-0.25, -0.2) is 0 Å². The smallest absolute Gasteiger partial charge is 0.0752 e. The normalized spacial score (nSPS) is 12.7. The van der Waals surface area contributed by atoms with Crippen LogP contribution in [0.2, 0.25) is 0 Å². The van der Waals surface area contributed by atoms with Crippen molar-refractivity contribution in [2.75, 3.05) is 0 Å². The highest BCUT2D eigenvalue weighted by Gasteiger charge is 2.19. The maximum Gasteiger partial charge on any atom is 0.0752 e. The summed E-state index contributed by atoms with van der Waals surface area (Å²) in [6, 6.07) is 1.77. The fourth-order valence-corrected chi connectivity index (χ4v) is 2.56. The molecule has 0 aliphatic rings. The number of hydrogen-bond donors (Lipinski definition) is 1. The van der Waals surface area contributed by atoms with Crippen LogP contribution in [0, 0.1) is 6.92 Å². The molecule has 0 bridgehead atoms. The number of nitrogens with zero attached hydrogens (tertiary/aromatic N) is 3. The molecule has 0 aliphatic carbocycles. The first-order valence-corrected chi connectivity index (χ1v) is 6.81. The predicted molar refractivity (Wildman–Crippen MR) is 75.2 cm³/mol. The van der Waals surface area contributed by atoms with E-state index in [-0.39, 0.29) is 6.04 Å². The fraction of sp³-hybridized carbons (Fsp3) is 0.385. The minimum absolute atomic E-state index is 0.206. The zero-order chi connectivity index (χ0) is 13.1. The number of nitrogens with two attached hydrogens (primary N) is 1. The van der Waals surface area contributed by atoms with E-state index in [1.165, 1.54) is 0 Å². The van der Waals surface area contributed by atoms with Crippen LogP contribution in [0.5, 0.6) is 0 Å². The third-order valence-electron chi connectivity index (χ3n) is 2.98. The van der Waals surface area contributed by atoms with Crippen LogP contribution >= 0.6 is 15.9 Å². The first-order valence-electron chi connectivity index (χ1n) is 6.02. The summed E-state index contributed by atoms with van der Waals surface area (Å²) < 4.78 is 2.91. The van der Waals surface area contributed by atoms with Gasteiger partial charge in [0.25, 0.3) is 0 Å². The summed E-state index contributed by atoms with van der Waals surface area (Å²) >= 11 is 3.53. The highest BCUT2D eigenvalue weighted by Crippen LogP contribution is 2.28. The van der Waals surface area contributed by atoms with Gasteiger partial charge in [-0.15, -0.1) is 0 Å². The summed E-state index contributed by atoms with van der Waals surface area (Å²) in [4.78, 5) is 4.16. The average molecular weight is 309 g/mol. The van der Waals surface area contributed by atoms with Crippen molar-refractivity contribution in [3.8, 4) is 0 Å². The first kappa shape index (κ1) is 13.2. The zero-order valence-electron chi connectivity index (χ0n) is 10.6. The molecule has 2 heterocycles. The van der Waals surface area contributed by atoms with E-state index in [4.69, 9.17) is 5.73 Å². The largest absolute Gasteiger partial charge is 0.319 e. The lowest BCUT2D eigenvalue weighted by Gasteiger charge is -2.16. The Bertz CT molecular complexity index is 536. The minimum Gasteiger partial charge on any atom is -0.319 e. The molecule has 0 fully saturated rings. The molecule has 0 saturated carbocycles. The predicted octanol–water partition coefficient (Wildman–Crippen LogP) is 2.81. The van der Waals surface area contributed by atoms with E-state index >= 15 is 0 Å². The van der Waals surface area contributed by atoms with Crippen molar-refractivity contribution in [2.45, 2.75) is 32.9 Å². The van der Waals surface area contributed by atoms with Crippen molar-refractivity contribution in [1.29, 1.82) is 0 Å². The van der Waals surface area contributed by atoms with E-state index in [2.05, 4.69) is 32.9 Å². The van der Waals surface area contributed by atoms with Gasteiger partial charge in [0.15, 0.2) is 0 Å². The van der Waals surface area contributed by atoms with Crippen molar-refractivity contribution in [2.24, 2.45) is 5.73 Å². The number of pyridine rings is 1. The molecule has 96 valence electrons. The van der Waals surface area contributed by atoms with E-state index in [1.807, 2.05) is 23.9 Å². The van der Waals surface area contributed by atoms with Crippen LogP contribution in [0.1, 0.15) is 36.2 Å². The van der Waals surface area contributed by atoms with Crippen LogP contribution in [-0.2, 0) is 6.54 Å². The van der Waals surface area contributed by atoms with Crippen LogP contribution in [0.25, 0.3) is 0 Å². The van der Waals surface area contributed by atoms with E-state index in [0.29, 0.717) is 0 Å². The number of hydrogen-bond acceptors (Lipinski definition) is 3. The molecule has 5 heteroatoms. The van der Waals surface area contributed by atoms with Gasteiger partial charge in [0.05, 0.1) is 22.4 Å². The van der Waals surface area contributed by atoms with Gasteiger partial charge in [-0.3, -0.25) is 9.67 Å². The highest BCUT2D eigenvalue weighted by atomic mass is 79.9. The van der Waals surface area contributed by atoms with Gasteiger partial charge in [-0.1, -0.05) is 6.92 Å². The second-order valence-corrected chi connectivity index (χ2v) is 5.17. The summed E-state index contributed by atoms with van der Waals surface area (Å²) in [7, 11) is 0. The van der Waals surface area contributed by atoms with Gasteiger partial charge in [-0.2, -0.15) is 5.10 Å². The third-order valence-corrected chi connectivity index (χ3v) is 3.59. The number of aryl methyl sites for hydroxylation is 2. The SMILES string of the molecule is CCCn1ncc(Br)c1C(N)c1cnccc1C. The molecule has 2 N–H and O–H groups in total. The number of halogens is 1. The molecule has 0 radical (unpaired) electrons. The van der Waals surface area contributed by atoms with E-state index in [1.54, 1.807) is 12.4 Å². The lowest BCUT2D eigenvalue weighted by atomic mass is 10.0. The Morgan fingerprint density at radius 3 is 2.89 bits per heavy atom. The van der Waals surface area contributed by atoms with Crippen LogP contribution in [0.3, 0.4) is 0 Å². The Morgan fingerprint density at radius 2 is 2.22 bits per heavy atom. The van der Waals surface area contributed by atoms with Gasteiger partial charge in [-0.05, 0) is 46.5 Å². The molecular weight excluding hydrogens is 292 g/mol. The summed E-state index contributed by atoms with van der Waals surface area (Å²) in [6.07, 6.45) is 6.44. The molecule has 0 spiro atoms. The third kappa shape index (κ3) is 2.47. The van der Waals surface area contributed by atoms with Gasteiger partial charge in [0.1, 0.15) is 0 Å². The summed E-state index contributed by atoms with van der Waals surface area (Å²) in [6.45, 7) is 5.04. The van der Waals surface area contributed by atoms with Gasteiger partial charge >= 0.3 is 0 Å². The lowest BCUT2D eigenvalue weighted by Crippen LogP contribution is -2.19. The second kappa shape index (κ2) is 5.63. The molecule has 0 amide bonds. The maximum absolute atomic E-state index is 6.36. The Balaban J connectivity index is 2.42. The van der Waals surface area contributed by atoms with Crippen molar-refractivity contribution in [1.82, 2.24) is 14.8 Å².